The van der Waals surface area contributed by atoms with Crippen LogP contribution in [-0.4, -0.2) is 82.8 Å². The molecule has 3 rings (SSSR count). The van der Waals surface area contributed by atoms with Gasteiger partial charge in [-0.15, -0.1) is 24.0 Å². The molecule has 0 radical (unpaired) electrons. The zero-order valence-electron chi connectivity index (χ0n) is 15.4. The van der Waals surface area contributed by atoms with Crippen LogP contribution < -0.4 is 10.6 Å². The van der Waals surface area contributed by atoms with Gasteiger partial charge in [-0.25, -0.2) is 8.42 Å². The zero-order valence-corrected chi connectivity index (χ0v) is 18.6. The number of hydrogen-bond donors (Lipinski definition) is 2. The summed E-state index contributed by atoms with van der Waals surface area (Å²) in [5.74, 6) is 2.01. The third-order valence-corrected chi connectivity index (χ3v) is 6.38. The van der Waals surface area contributed by atoms with E-state index in [0.717, 1.165) is 45.0 Å². The molecule has 27 heavy (non-hydrogen) atoms. The molecule has 1 aromatic heterocycles. The van der Waals surface area contributed by atoms with Gasteiger partial charge >= 0.3 is 0 Å². The number of aliphatic imine (C=N–C) groups is 1. The highest BCUT2D eigenvalue weighted by molar-refractivity contribution is 14.0. The first kappa shape index (κ1) is 22.4. The number of sulfone groups is 1. The highest BCUT2D eigenvalue weighted by atomic mass is 127. The van der Waals surface area contributed by atoms with Crippen molar-refractivity contribution in [2.75, 3.05) is 57.4 Å². The van der Waals surface area contributed by atoms with E-state index >= 15 is 0 Å². The average Bonchev–Trinajstić information content (AvgIpc) is 3.25. The second kappa shape index (κ2) is 11.2. The van der Waals surface area contributed by atoms with Gasteiger partial charge in [0.05, 0.1) is 37.5 Å². The molecule has 8 nitrogen and oxygen atoms in total. The third kappa shape index (κ3) is 7.96. The Morgan fingerprint density at radius 3 is 2.81 bits per heavy atom. The fourth-order valence-electron chi connectivity index (χ4n) is 3.14. The molecule has 1 aromatic rings. The number of nitrogens with one attached hydrogen (secondary N) is 2. The SMILES string of the molecule is I.O=S1(=O)CCC(NC(=NCCN2CCOCC2)NCCc2ccco2)C1. The van der Waals surface area contributed by atoms with Crippen molar-refractivity contribution in [3.8, 4) is 0 Å². The van der Waals surface area contributed by atoms with E-state index in [-0.39, 0.29) is 41.5 Å². The normalized spacial score (nSPS) is 23.0. The van der Waals surface area contributed by atoms with E-state index in [9.17, 15) is 8.42 Å². The summed E-state index contributed by atoms with van der Waals surface area (Å²) in [5, 5.41) is 6.57. The summed E-state index contributed by atoms with van der Waals surface area (Å²) >= 11 is 0. The molecule has 0 saturated carbocycles. The lowest BCUT2D eigenvalue weighted by Crippen LogP contribution is -2.45. The van der Waals surface area contributed by atoms with Crippen LogP contribution in [0.15, 0.2) is 27.8 Å². The number of furan rings is 1. The van der Waals surface area contributed by atoms with Gasteiger partial charge in [-0.1, -0.05) is 0 Å². The zero-order chi connectivity index (χ0) is 18.2. The van der Waals surface area contributed by atoms with Gasteiger partial charge in [-0.05, 0) is 18.6 Å². The summed E-state index contributed by atoms with van der Waals surface area (Å²) in [7, 11) is -2.92. The number of guanidine groups is 1. The van der Waals surface area contributed by atoms with Crippen molar-refractivity contribution < 1.29 is 17.6 Å². The van der Waals surface area contributed by atoms with E-state index in [1.807, 2.05) is 12.1 Å². The Morgan fingerprint density at radius 2 is 2.15 bits per heavy atom. The highest BCUT2D eigenvalue weighted by Gasteiger charge is 2.28. The molecule has 2 saturated heterocycles. The largest absolute Gasteiger partial charge is 0.469 e. The second-order valence-corrected chi connectivity index (χ2v) is 8.91. The molecule has 3 heterocycles. The Bertz CT molecular complexity index is 675. The standard InChI is InChI=1S/C17H28N4O4S.HI/c22-26(23)13-4-15(14-26)20-17(18-5-3-16-2-1-10-25-16)19-6-7-21-8-11-24-12-9-21;/h1-2,10,15H,3-9,11-14H2,(H2,18,19,20);1H. The Labute approximate surface area is 178 Å². The van der Waals surface area contributed by atoms with Gasteiger partial charge in [0.1, 0.15) is 5.76 Å². The first-order valence-corrected chi connectivity index (χ1v) is 11.0. The van der Waals surface area contributed by atoms with Crippen molar-refractivity contribution in [3.05, 3.63) is 24.2 Å². The van der Waals surface area contributed by atoms with Crippen molar-refractivity contribution in [1.82, 2.24) is 15.5 Å². The minimum absolute atomic E-state index is 0. The molecule has 154 valence electrons. The third-order valence-electron chi connectivity index (χ3n) is 4.61. The topological polar surface area (TPSA) is 96.2 Å². The molecule has 1 atom stereocenters. The van der Waals surface area contributed by atoms with Crippen LogP contribution in [0.1, 0.15) is 12.2 Å². The lowest BCUT2D eigenvalue weighted by molar-refractivity contribution is 0.0394. The molecule has 0 amide bonds. The van der Waals surface area contributed by atoms with Crippen molar-refractivity contribution in [2.45, 2.75) is 18.9 Å². The molecule has 0 aromatic carbocycles. The minimum Gasteiger partial charge on any atom is -0.469 e. The second-order valence-electron chi connectivity index (χ2n) is 6.68. The molecule has 0 bridgehead atoms. The van der Waals surface area contributed by atoms with Gasteiger partial charge < -0.3 is 19.8 Å². The quantitative estimate of drug-likeness (QED) is 0.312. The number of nitrogens with zero attached hydrogens (tertiary/aromatic N) is 2. The summed E-state index contributed by atoms with van der Waals surface area (Å²) in [6.07, 6.45) is 3.04. The molecule has 0 aliphatic carbocycles. The number of ether oxygens (including phenoxy) is 1. The Hall–Kier alpha value is -0.850. The Kier molecular flexibility index (Phi) is 9.33. The predicted octanol–water partition coefficient (Wildman–Crippen LogP) is 0.495. The molecule has 0 spiro atoms. The van der Waals surface area contributed by atoms with Gasteiger partial charge in [0.15, 0.2) is 15.8 Å². The van der Waals surface area contributed by atoms with Crippen LogP contribution >= 0.6 is 24.0 Å². The van der Waals surface area contributed by atoms with Crippen LogP contribution in [0.4, 0.5) is 0 Å². The van der Waals surface area contributed by atoms with E-state index < -0.39 is 9.84 Å². The molecule has 10 heteroatoms. The van der Waals surface area contributed by atoms with Crippen LogP contribution in [0.5, 0.6) is 0 Å². The van der Waals surface area contributed by atoms with E-state index in [0.29, 0.717) is 25.5 Å². The molecular formula is C17H29IN4O4S. The minimum atomic E-state index is -2.92. The smallest absolute Gasteiger partial charge is 0.191 e. The number of rotatable bonds is 7. The fourth-order valence-corrected chi connectivity index (χ4v) is 4.82. The van der Waals surface area contributed by atoms with Crippen LogP contribution in [0.25, 0.3) is 0 Å². The van der Waals surface area contributed by atoms with Gasteiger partial charge in [-0.3, -0.25) is 9.89 Å². The Balaban J connectivity index is 0.00000261. The van der Waals surface area contributed by atoms with Gasteiger partial charge in [0.2, 0.25) is 0 Å². The van der Waals surface area contributed by atoms with Gasteiger partial charge in [0.25, 0.3) is 0 Å². The van der Waals surface area contributed by atoms with Crippen molar-refractivity contribution in [1.29, 1.82) is 0 Å². The fraction of sp³-hybridized carbons (Fsp3) is 0.706. The van der Waals surface area contributed by atoms with Crippen LogP contribution in [0, 0.1) is 0 Å². The first-order chi connectivity index (χ1) is 12.6. The monoisotopic (exact) mass is 512 g/mol. The average molecular weight is 512 g/mol. The van der Waals surface area contributed by atoms with Gasteiger partial charge in [0, 0.05) is 38.6 Å². The van der Waals surface area contributed by atoms with Crippen LogP contribution in [0.3, 0.4) is 0 Å². The Morgan fingerprint density at radius 1 is 1.33 bits per heavy atom. The van der Waals surface area contributed by atoms with Crippen LogP contribution in [-0.2, 0) is 21.0 Å². The van der Waals surface area contributed by atoms with Gasteiger partial charge in [-0.2, -0.15) is 0 Å². The van der Waals surface area contributed by atoms with Crippen molar-refractivity contribution in [2.24, 2.45) is 4.99 Å². The summed E-state index contributed by atoms with van der Waals surface area (Å²) in [6, 6.07) is 3.74. The van der Waals surface area contributed by atoms with E-state index in [2.05, 4.69) is 20.5 Å². The predicted molar refractivity (Wildman–Crippen MR) is 116 cm³/mol. The molecule has 2 aliphatic heterocycles. The highest BCUT2D eigenvalue weighted by Crippen LogP contribution is 2.11. The number of hydrogen-bond acceptors (Lipinski definition) is 6. The maximum atomic E-state index is 11.7. The summed E-state index contributed by atoms with van der Waals surface area (Å²) in [5.41, 5.74) is 0. The number of halogens is 1. The maximum Gasteiger partial charge on any atom is 0.191 e. The lowest BCUT2D eigenvalue weighted by Gasteiger charge is -2.26. The summed E-state index contributed by atoms with van der Waals surface area (Å²) in [4.78, 5) is 6.96. The van der Waals surface area contributed by atoms with Crippen molar-refractivity contribution >= 4 is 39.8 Å². The van der Waals surface area contributed by atoms with E-state index in [4.69, 9.17) is 9.15 Å². The number of morpholine rings is 1. The lowest BCUT2D eigenvalue weighted by atomic mass is 10.3. The molecule has 2 aliphatic rings. The molecule has 2 fully saturated rings. The summed E-state index contributed by atoms with van der Waals surface area (Å²) < 4.78 is 34.1. The van der Waals surface area contributed by atoms with Crippen LogP contribution in [0.2, 0.25) is 0 Å². The maximum absolute atomic E-state index is 11.7. The molecule has 1 unspecified atom stereocenters. The van der Waals surface area contributed by atoms with Crippen molar-refractivity contribution in [3.63, 3.8) is 0 Å². The summed E-state index contributed by atoms with van der Waals surface area (Å²) in [6.45, 7) is 5.63. The van der Waals surface area contributed by atoms with E-state index in [1.165, 1.54) is 0 Å². The molecule has 2 N–H and O–H groups in total. The van der Waals surface area contributed by atoms with E-state index in [1.54, 1.807) is 6.26 Å². The first-order valence-electron chi connectivity index (χ1n) is 9.18. The molecular weight excluding hydrogens is 483 g/mol.